The molecule has 0 radical (unpaired) electrons. The van der Waals surface area contributed by atoms with Gasteiger partial charge in [0.15, 0.2) is 0 Å². The van der Waals surface area contributed by atoms with Gasteiger partial charge in [-0.3, -0.25) is 4.79 Å². The second-order valence-corrected chi connectivity index (χ2v) is 8.68. The zero-order valence-electron chi connectivity index (χ0n) is 19.9. The molecule has 1 aromatic heterocycles. The summed E-state index contributed by atoms with van der Waals surface area (Å²) in [5, 5.41) is 19.6. The molecule has 0 aliphatic rings. The largest absolute Gasteiger partial charge is 0.496 e. The van der Waals surface area contributed by atoms with Crippen molar-refractivity contribution in [3.05, 3.63) is 109 Å². The van der Waals surface area contributed by atoms with Crippen LogP contribution in [0.15, 0.2) is 72.1 Å². The molecular formula is C25H20Cl2N6O5. The number of nitrogens with zero attached hydrogens (tertiary/aromatic N) is 5. The lowest BCUT2D eigenvalue weighted by atomic mass is 10.1. The first kappa shape index (κ1) is 26.6. The van der Waals surface area contributed by atoms with Gasteiger partial charge in [-0.2, -0.15) is 9.78 Å². The van der Waals surface area contributed by atoms with E-state index in [0.29, 0.717) is 38.2 Å². The molecule has 13 heteroatoms. The van der Waals surface area contributed by atoms with Gasteiger partial charge in [-0.15, -0.1) is 0 Å². The number of hydrazone groups is 1. The lowest BCUT2D eigenvalue weighted by Crippen LogP contribution is -2.18. The van der Waals surface area contributed by atoms with Crippen LogP contribution in [0.25, 0.3) is 0 Å². The molecule has 0 bridgehead atoms. The summed E-state index contributed by atoms with van der Waals surface area (Å²) in [6.45, 7) is 0.376. The smallest absolute Gasteiger partial charge is 0.490 e. The van der Waals surface area contributed by atoms with Crippen LogP contribution in [0.4, 0.5) is 5.95 Å². The van der Waals surface area contributed by atoms with Crippen LogP contribution >= 0.6 is 23.2 Å². The van der Waals surface area contributed by atoms with Gasteiger partial charge >= 0.3 is 5.95 Å². The quantitative estimate of drug-likeness (QED) is 0.167. The van der Waals surface area contributed by atoms with Crippen molar-refractivity contribution in [3.63, 3.8) is 0 Å². The summed E-state index contributed by atoms with van der Waals surface area (Å²) in [7, 11) is 1.51. The summed E-state index contributed by atoms with van der Waals surface area (Å²) in [5.74, 6) is 0.0998. The van der Waals surface area contributed by atoms with Crippen molar-refractivity contribution in [2.75, 3.05) is 7.11 Å². The summed E-state index contributed by atoms with van der Waals surface area (Å²) >= 11 is 12.1. The molecule has 0 atom stereocenters. The van der Waals surface area contributed by atoms with E-state index in [1.54, 1.807) is 54.6 Å². The highest BCUT2D eigenvalue weighted by molar-refractivity contribution is 6.34. The Labute approximate surface area is 226 Å². The Hall–Kier alpha value is -4.48. The molecule has 0 spiro atoms. The average molecular weight is 555 g/mol. The average Bonchev–Trinajstić information content (AvgIpc) is 3.38. The second-order valence-electron chi connectivity index (χ2n) is 7.83. The van der Waals surface area contributed by atoms with E-state index in [9.17, 15) is 14.9 Å². The highest BCUT2D eigenvalue weighted by Gasteiger charge is 2.15. The zero-order chi connectivity index (χ0) is 27.1. The van der Waals surface area contributed by atoms with Crippen LogP contribution in [0.2, 0.25) is 10.0 Å². The molecule has 194 valence electrons. The van der Waals surface area contributed by atoms with Gasteiger partial charge in [0.2, 0.25) is 6.33 Å². The van der Waals surface area contributed by atoms with Gasteiger partial charge in [0.05, 0.1) is 24.9 Å². The van der Waals surface area contributed by atoms with Gasteiger partial charge in [0, 0.05) is 27.3 Å². The number of carbonyl (C=O) groups is 1. The lowest BCUT2D eigenvalue weighted by Gasteiger charge is -2.09. The molecule has 0 saturated heterocycles. The van der Waals surface area contributed by atoms with Gasteiger partial charge in [0.1, 0.15) is 18.1 Å². The zero-order valence-corrected chi connectivity index (χ0v) is 21.4. The molecule has 0 aliphatic heterocycles. The topological polar surface area (TPSA) is 134 Å². The third-order valence-corrected chi connectivity index (χ3v) is 5.73. The highest BCUT2D eigenvalue weighted by atomic mass is 35.5. The van der Waals surface area contributed by atoms with Crippen LogP contribution < -0.4 is 14.9 Å². The Morgan fingerprint density at radius 3 is 2.76 bits per heavy atom. The lowest BCUT2D eigenvalue weighted by molar-refractivity contribution is -0.394. The second kappa shape index (κ2) is 12.2. The monoisotopic (exact) mass is 554 g/mol. The van der Waals surface area contributed by atoms with E-state index in [-0.39, 0.29) is 13.2 Å². The molecule has 0 saturated carbocycles. The van der Waals surface area contributed by atoms with E-state index in [2.05, 4.69) is 20.6 Å². The van der Waals surface area contributed by atoms with Gasteiger partial charge in [-0.1, -0.05) is 40.3 Å². The summed E-state index contributed by atoms with van der Waals surface area (Å²) in [6.07, 6.45) is 2.74. The van der Waals surface area contributed by atoms with E-state index in [1.807, 2.05) is 6.07 Å². The summed E-state index contributed by atoms with van der Waals surface area (Å²) < 4.78 is 12.4. The van der Waals surface area contributed by atoms with Gasteiger partial charge in [0.25, 0.3) is 5.91 Å². The standard InChI is InChI=1S/C25H20Cl2N6O5/c1-37-22-8-5-16(9-19(22)13-32-15-28-25(31-32)33(35)36)12-29-30-24(34)18-4-2-3-17(10-18)14-38-23-11-20(26)6-7-21(23)27/h2-12,15H,13-14H2,1H3,(H,30,34). The van der Waals surface area contributed by atoms with Crippen molar-refractivity contribution >= 4 is 41.3 Å². The molecule has 38 heavy (non-hydrogen) atoms. The van der Waals surface area contributed by atoms with Gasteiger partial charge in [-0.25, -0.2) is 5.43 Å². The Morgan fingerprint density at radius 2 is 2.00 bits per heavy atom. The maximum Gasteiger partial charge on any atom is 0.490 e. The Balaban J connectivity index is 1.39. The van der Waals surface area contributed by atoms with Crippen molar-refractivity contribution < 1.29 is 19.2 Å². The van der Waals surface area contributed by atoms with Crippen LogP contribution in [0.5, 0.6) is 11.5 Å². The fraction of sp³-hybridized carbons (Fsp3) is 0.120. The molecule has 4 rings (SSSR count). The molecule has 3 aromatic carbocycles. The number of halogens is 2. The SMILES string of the molecule is COc1ccc(C=NNC(=O)c2cccc(COc3cc(Cl)ccc3Cl)c2)cc1Cn1cnc([N+](=O)[O-])n1. The third-order valence-electron chi connectivity index (χ3n) is 5.18. The van der Waals surface area contributed by atoms with Crippen molar-refractivity contribution in [2.24, 2.45) is 5.10 Å². The number of amides is 1. The normalized spacial score (nSPS) is 10.9. The molecule has 4 aromatic rings. The minimum Gasteiger partial charge on any atom is -0.496 e. The fourth-order valence-electron chi connectivity index (χ4n) is 3.40. The van der Waals surface area contributed by atoms with E-state index < -0.39 is 16.8 Å². The number of hydrogen-bond donors (Lipinski definition) is 1. The Morgan fingerprint density at radius 1 is 1.16 bits per heavy atom. The van der Waals surface area contributed by atoms with E-state index in [1.165, 1.54) is 24.3 Å². The number of hydrogen-bond acceptors (Lipinski definition) is 8. The molecule has 1 N–H and O–H groups in total. The summed E-state index contributed by atoms with van der Waals surface area (Å²) in [5.41, 5.74) is 5.00. The number of benzene rings is 3. The molecular weight excluding hydrogens is 535 g/mol. The molecule has 0 unspecified atom stereocenters. The fourth-order valence-corrected chi connectivity index (χ4v) is 3.74. The van der Waals surface area contributed by atoms with Crippen LogP contribution in [-0.4, -0.2) is 38.9 Å². The number of methoxy groups -OCH3 is 1. The van der Waals surface area contributed by atoms with Crippen molar-refractivity contribution in [3.8, 4) is 11.5 Å². The number of rotatable bonds is 10. The van der Waals surface area contributed by atoms with Crippen LogP contribution in [-0.2, 0) is 13.2 Å². The number of ether oxygens (including phenoxy) is 2. The first-order valence-corrected chi connectivity index (χ1v) is 11.8. The number of aromatic nitrogens is 3. The maximum atomic E-state index is 12.6. The Kier molecular flexibility index (Phi) is 8.51. The predicted molar refractivity (Wildman–Crippen MR) is 141 cm³/mol. The number of nitro groups is 1. The molecule has 0 aliphatic carbocycles. The third kappa shape index (κ3) is 6.84. The Bertz CT molecular complexity index is 1510. The van der Waals surface area contributed by atoms with Crippen LogP contribution in [0.3, 0.4) is 0 Å². The van der Waals surface area contributed by atoms with Crippen molar-refractivity contribution in [1.29, 1.82) is 0 Å². The summed E-state index contributed by atoms with van der Waals surface area (Å²) in [4.78, 5) is 26.4. The number of nitrogens with one attached hydrogen (secondary N) is 1. The first-order chi connectivity index (χ1) is 18.3. The first-order valence-electron chi connectivity index (χ1n) is 11.0. The number of carbonyl (C=O) groups excluding carboxylic acids is 1. The predicted octanol–water partition coefficient (Wildman–Crippen LogP) is 4.89. The van der Waals surface area contributed by atoms with Crippen molar-refractivity contribution in [1.82, 2.24) is 20.2 Å². The van der Waals surface area contributed by atoms with Crippen molar-refractivity contribution in [2.45, 2.75) is 13.2 Å². The molecule has 1 heterocycles. The van der Waals surface area contributed by atoms with E-state index in [4.69, 9.17) is 32.7 Å². The minimum atomic E-state index is -0.670. The molecule has 11 nitrogen and oxygen atoms in total. The van der Waals surface area contributed by atoms with Crippen LogP contribution in [0.1, 0.15) is 27.0 Å². The van der Waals surface area contributed by atoms with E-state index in [0.717, 1.165) is 5.56 Å². The van der Waals surface area contributed by atoms with Crippen LogP contribution in [0, 0.1) is 10.1 Å². The van der Waals surface area contributed by atoms with Gasteiger partial charge < -0.3 is 19.6 Å². The molecule has 0 fully saturated rings. The minimum absolute atomic E-state index is 0.188. The highest BCUT2D eigenvalue weighted by Crippen LogP contribution is 2.28. The van der Waals surface area contributed by atoms with E-state index >= 15 is 0 Å². The van der Waals surface area contributed by atoms with Gasteiger partial charge in [-0.05, 0) is 58.5 Å². The summed E-state index contributed by atoms with van der Waals surface area (Å²) in [6, 6.07) is 17.1. The maximum absolute atomic E-state index is 12.6. The molecule has 1 amide bonds.